The minimum atomic E-state index is -3.15. The summed E-state index contributed by atoms with van der Waals surface area (Å²) in [6.07, 6.45) is 3.20. The number of sulfonamides is 1. The van der Waals surface area contributed by atoms with Crippen molar-refractivity contribution in [1.29, 1.82) is 0 Å². The fourth-order valence-electron chi connectivity index (χ4n) is 4.72. The number of aromatic nitrogens is 4. The maximum atomic E-state index is 11.8. The lowest BCUT2D eigenvalue weighted by molar-refractivity contribution is 0.122. The van der Waals surface area contributed by atoms with Crippen LogP contribution in [0, 0.1) is 0 Å². The topological polar surface area (TPSA) is 108 Å². The van der Waals surface area contributed by atoms with Crippen LogP contribution >= 0.6 is 11.3 Å². The average molecular weight is 514 g/mol. The van der Waals surface area contributed by atoms with E-state index in [-0.39, 0.29) is 0 Å². The second kappa shape index (κ2) is 9.10. The summed E-state index contributed by atoms with van der Waals surface area (Å²) in [5.41, 5.74) is 2.73. The Morgan fingerprint density at radius 2 is 1.83 bits per heavy atom. The first-order valence-corrected chi connectivity index (χ1v) is 14.4. The van der Waals surface area contributed by atoms with Gasteiger partial charge in [0.15, 0.2) is 17.3 Å². The van der Waals surface area contributed by atoms with Crippen LogP contribution in [0.2, 0.25) is 0 Å². The monoisotopic (exact) mass is 513 g/mol. The molecule has 0 atom stereocenters. The second-order valence-electron chi connectivity index (χ2n) is 8.91. The van der Waals surface area contributed by atoms with Gasteiger partial charge in [0.2, 0.25) is 10.0 Å². The third kappa shape index (κ3) is 4.52. The van der Waals surface area contributed by atoms with Crippen LogP contribution < -0.4 is 4.90 Å². The Hall–Kier alpha value is -2.64. The molecule has 2 aliphatic heterocycles. The number of rotatable bonds is 5. The van der Waals surface area contributed by atoms with Crippen molar-refractivity contribution in [1.82, 2.24) is 29.1 Å². The number of morpholine rings is 1. The fraction of sp³-hybridized carbons (Fsp3) is 0.435. The third-order valence-electron chi connectivity index (χ3n) is 6.59. The Morgan fingerprint density at radius 3 is 2.60 bits per heavy atom. The van der Waals surface area contributed by atoms with Gasteiger partial charge in [-0.1, -0.05) is 12.1 Å². The summed E-state index contributed by atoms with van der Waals surface area (Å²) < 4.78 is 31.8. The number of hydrogen-bond acceptors (Lipinski definition) is 9. The van der Waals surface area contributed by atoms with Gasteiger partial charge in [-0.3, -0.25) is 4.90 Å². The average Bonchev–Trinajstić information content (AvgIpc) is 3.50. The van der Waals surface area contributed by atoms with Gasteiger partial charge in [0.1, 0.15) is 9.71 Å². The molecule has 12 heteroatoms. The Morgan fingerprint density at radius 1 is 1.03 bits per heavy atom. The van der Waals surface area contributed by atoms with Crippen molar-refractivity contribution in [2.75, 3.05) is 63.6 Å². The molecule has 3 aromatic heterocycles. The fourth-order valence-corrected chi connectivity index (χ4v) is 6.61. The summed E-state index contributed by atoms with van der Waals surface area (Å²) >= 11 is 1.63. The first-order valence-electron chi connectivity index (χ1n) is 11.7. The van der Waals surface area contributed by atoms with Crippen molar-refractivity contribution in [2.24, 2.45) is 0 Å². The number of nitrogens with zero attached hydrogens (tertiary/aromatic N) is 6. The molecule has 0 bridgehead atoms. The van der Waals surface area contributed by atoms with Crippen LogP contribution in [0.1, 0.15) is 5.01 Å². The largest absolute Gasteiger partial charge is 0.378 e. The molecular formula is C23H27N7O3S2. The first kappa shape index (κ1) is 22.8. The molecule has 0 saturated carbocycles. The number of anilines is 1. The minimum absolute atomic E-state index is 0.507. The molecule has 4 aromatic rings. The van der Waals surface area contributed by atoms with Gasteiger partial charge in [-0.25, -0.2) is 23.4 Å². The van der Waals surface area contributed by atoms with E-state index in [4.69, 9.17) is 19.7 Å². The Kier molecular flexibility index (Phi) is 5.93. The normalized spacial score (nSPS) is 18.6. The van der Waals surface area contributed by atoms with Crippen molar-refractivity contribution in [3.63, 3.8) is 0 Å². The molecule has 0 aliphatic carbocycles. The number of ether oxygens (including phenoxy) is 1. The van der Waals surface area contributed by atoms with E-state index in [2.05, 4.69) is 26.9 Å². The number of piperazine rings is 1. The van der Waals surface area contributed by atoms with Gasteiger partial charge in [0.25, 0.3) is 0 Å². The van der Waals surface area contributed by atoms with Crippen LogP contribution in [0.3, 0.4) is 0 Å². The lowest BCUT2D eigenvalue weighted by atomic mass is 10.1. The lowest BCUT2D eigenvalue weighted by Crippen LogP contribution is -2.47. The van der Waals surface area contributed by atoms with Gasteiger partial charge in [0.05, 0.1) is 26.0 Å². The molecule has 0 radical (unpaired) electrons. The smallest absolute Gasteiger partial charge is 0.211 e. The predicted octanol–water partition coefficient (Wildman–Crippen LogP) is 2.15. The molecule has 2 fully saturated rings. The number of aromatic amines is 1. The van der Waals surface area contributed by atoms with Gasteiger partial charge in [-0.2, -0.15) is 4.31 Å². The summed E-state index contributed by atoms with van der Waals surface area (Å²) in [7, 11) is -3.15. The zero-order valence-electron chi connectivity index (χ0n) is 19.5. The van der Waals surface area contributed by atoms with E-state index in [0.717, 1.165) is 45.1 Å². The van der Waals surface area contributed by atoms with E-state index in [1.165, 1.54) is 10.6 Å². The molecule has 0 amide bonds. The van der Waals surface area contributed by atoms with Gasteiger partial charge in [-0.15, -0.1) is 11.3 Å². The van der Waals surface area contributed by atoms with Crippen LogP contribution in [-0.2, 0) is 21.3 Å². The molecule has 1 N–H and O–H groups in total. The van der Waals surface area contributed by atoms with Crippen molar-refractivity contribution < 1.29 is 13.2 Å². The molecule has 0 spiro atoms. The predicted molar refractivity (Wildman–Crippen MR) is 137 cm³/mol. The van der Waals surface area contributed by atoms with Gasteiger partial charge in [-0.05, 0) is 12.1 Å². The summed E-state index contributed by atoms with van der Waals surface area (Å²) in [5.74, 6) is 1.58. The van der Waals surface area contributed by atoms with E-state index in [1.807, 2.05) is 18.3 Å². The van der Waals surface area contributed by atoms with Crippen LogP contribution in [0.5, 0.6) is 0 Å². The number of hydrogen-bond donors (Lipinski definition) is 1. The van der Waals surface area contributed by atoms with E-state index in [0.29, 0.717) is 57.4 Å². The summed E-state index contributed by atoms with van der Waals surface area (Å²) in [5, 5.41) is 2.05. The second-order valence-corrected chi connectivity index (χ2v) is 12.0. The Labute approximate surface area is 207 Å². The molecule has 5 heterocycles. The molecular weight excluding hydrogens is 486 g/mol. The van der Waals surface area contributed by atoms with Gasteiger partial charge < -0.3 is 14.6 Å². The quantitative estimate of drug-likeness (QED) is 0.433. The number of benzene rings is 1. The van der Waals surface area contributed by atoms with Crippen molar-refractivity contribution in [3.8, 4) is 11.4 Å². The third-order valence-corrected chi connectivity index (χ3v) is 8.91. The Bertz CT molecular complexity index is 1470. The zero-order chi connectivity index (χ0) is 24.0. The highest BCUT2D eigenvalue weighted by Gasteiger charge is 2.26. The maximum absolute atomic E-state index is 11.8. The van der Waals surface area contributed by atoms with Gasteiger partial charge in [0, 0.05) is 61.9 Å². The number of nitrogens with one attached hydrogen (secondary N) is 1. The highest BCUT2D eigenvalue weighted by atomic mass is 32.2. The van der Waals surface area contributed by atoms with Crippen LogP contribution in [0.15, 0.2) is 30.5 Å². The van der Waals surface area contributed by atoms with E-state index >= 15 is 0 Å². The summed E-state index contributed by atoms with van der Waals surface area (Å²) in [6.45, 7) is 5.96. The van der Waals surface area contributed by atoms with Crippen LogP contribution in [0.25, 0.3) is 32.6 Å². The van der Waals surface area contributed by atoms with Crippen LogP contribution in [-0.4, -0.2) is 96.3 Å². The number of thiazole rings is 1. The van der Waals surface area contributed by atoms with Gasteiger partial charge >= 0.3 is 0 Å². The first-order chi connectivity index (χ1) is 17.0. The Balaban J connectivity index is 1.36. The van der Waals surface area contributed by atoms with E-state index in [9.17, 15) is 8.42 Å². The molecule has 35 heavy (non-hydrogen) atoms. The molecule has 2 aliphatic rings. The maximum Gasteiger partial charge on any atom is 0.211 e. The molecule has 184 valence electrons. The summed E-state index contributed by atoms with van der Waals surface area (Å²) in [4.78, 5) is 22.6. The minimum Gasteiger partial charge on any atom is -0.378 e. The SMILES string of the molecule is CS(=O)(=O)N1CCN(Cc2nc3nc(-c4cccc5[nH]ccc45)nc(N4CCOCC4)c3s2)CC1. The van der Waals surface area contributed by atoms with Crippen molar-refractivity contribution in [2.45, 2.75) is 6.54 Å². The van der Waals surface area contributed by atoms with E-state index < -0.39 is 10.0 Å². The van der Waals surface area contributed by atoms with Crippen LogP contribution in [0.4, 0.5) is 5.82 Å². The molecule has 6 rings (SSSR count). The summed E-state index contributed by atoms with van der Waals surface area (Å²) in [6, 6.07) is 8.16. The van der Waals surface area contributed by atoms with E-state index in [1.54, 1.807) is 11.3 Å². The molecule has 10 nitrogen and oxygen atoms in total. The molecule has 2 saturated heterocycles. The highest BCUT2D eigenvalue weighted by molar-refractivity contribution is 7.88. The zero-order valence-corrected chi connectivity index (χ0v) is 21.1. The lowest BCUT2D eigenvalue weighted by Gasteiger charge is -2.32. The highest BCUT2D eigenvalue weighted by Crippen LogP contribution is 2.34. The van der Waals surface area contributed by atoms with Crippen molar-refractivity contribution in [3.05, 3.63) is 35.5 Å². The van der Waals surface area contributed by atoms with Crippen molar-refractivity contribution >= 4 is 48.4 Å². The molecule has 0 unspecified atom stereocenters. The molecule has 1 aromatic carbocycles. The standard InChI is InChI=1S/C23H27N7O3S2/c1-35(31,32)30-9-7-28(8-10-30)15-19-25-22-20(34-19)23(29-11-13-33-14-12-29)27-21(26-22)17-3-2-4-18-16(17)5-6-24-18/h2-6,24H,7-15H2,1H3. The number of H-pyrrole nitrogens is 1. The number of fused-ring (bicyclic) bond motifs is 2.